The van der Waals surface area contributed by atoms with Crippen LogP contribution in [0.3, 0.4) is 0 Å². The molecule has 1 heterocycles. The van der Waals surface area contributed by atoms with Gasteiger partial charge in [0.25, 0.3) is 0 Å². The second-order valence-corrected chi connectivity index (χ2v) is 7.03. The molecular formula is C13H19NO2S. The van der Waals surface area contributed by atoms with Crippen molar-refractivity contribution in [2.75, 3.05) is 11.5 Å². The van der Waals surface area contributed by atoms with E-state index in [-0.39, 0.29) is 5.92 Å². The Bertz CT molecular complexity index is 482. The van der Waals surface area contributed by atoms with Gasteiger partial charge in [-0.3, -0.25) is 0 Å². The fourth-order valence-electron chi connectivity index (χ4n) is 2.55. The van der Waals surface area contributed by atoms with Crippen LogP contribution in [0.2, 0.25) is 0 Å². The Morgan fingerprint density at radius 3 is 2.59 bits per heavy atom. The molecular weight excluding hydrogens is 234 g/mol. The van der Waals surface area contributed by atoms with E-state index >= 15 is 0 Å². The number of hydrogen-bond donors (Lipinski definition) is 1. The molecule has 0 radical (unpaired) electrons. The Morgan fingerprint density at radius 2 is 1.94 bits per heavy atom. The maximum Gasteiger partial charge on any atom is 0.150 e. The summed E-state index contributed by atoms with van der Waals surface area (Å²) in [7, 11) is -2.80. The topological polar surface area (TPSA) is 60.2 Å². The third-order valence-electron chi connectivity index (χ3n) is 3.40. The molecule has 3 nitrogen and oxygen atoms in total. The summed E-state index contributed by atoms with van der Waals surface area (Å²) in [5.41, 5.74) is 8.03. The van der Waals surface area contributed by atoms with E-state index in [2.05, 4.69) is 6.07 Å². The first-order valence-electron chi connectivity index (χ1n) is 6.08. The van der Waals surface area contributed by atoms with Crippen molar-refractivity contribution in [1.29, 1.82) is 0 Å². The summed E-state index contributed by atoms with van der Waals surface area (Å²) in [6.07, 6.45) is 2.66. The lowest BCUT2D eigenvalue weighted by molar-refractivity contribution is 0.482. The van der Waals surface area contributed by atoms with Crippen LogP contribution in [0, 0.1) is 5.92 Å². The predicted molar refractivity (Wildman–Crippen MR) is 69.4 cm³/mol. The van der Waals surface area contributed by atoms with E-state index in [1.165, 1.54) is 5.56 Å². The normalized spacial score (nSPS) is 23.5. The average Bonchev–Trinajstić information content (AvgIpc) is 2.28. The number of hydrogen-bond acceptors (Lipinski definition) is 3. The van der Waals surface area contributed by atoms with Gasteiger partial charge >= 0.3 is 0 Å². The van der Waals surface area contributed by atoms with Gasteiger partial charge in [0.2, 0.25) is 0 Å². The summed E-state index contributed by atoms with van der Waals surface area (Å²) in [6.45, 7) is 0.523. The molecule has 1 aromatic rings. The van der Waals surface area contributed by atoms with Crippen LogP contribution in [0.15, 0.2) is 24.3 Å². The van der Waals surface area contributed by atoms with Crippen LogP contribution in [0.4, 0.5) is 0 Å². The lowest BCUT2D eigenvalue weighted by atomic mass is 9.93. The van der Waals surface area contributed by atoms with Crippen molar-refractivity contribution in [1.82, 2.24) is 0 Å². The van der Waals surface area contributed by atoms with Crippen LogP contribution in [-0.2, 0) is 22.8 Å². The lowest BCUT2D eigenvalue weighted by Crippen LogP contribution is -2.26. The van der Waals surface area contributed by atoms with E-state index in [9.17, 15) is 8.42 Å². The predicted octanol–water partition coefficient (Wildman–Crippen LogP) is 1.51. The Labute approximate surface area is 103 Å². The van der Waals surface area contributed by atoms with Crippen molar-refractivity contribution in [2.45, 2.75) is 25.8 Å². The van der Waals surface area contributed by atoms with E-state index in [1.54, 1.807) is 0 Å². The van der Waals surface area contributed by atoms with E-state index in [0.29, 0.717) is 18.1 Å². The Kier molecular flexibility index (Phi) is 3.84. The summed E-state index contributed by atoms with van der Waals surface area (Å²) in [5.74, 6) is 0.968. The molecule has 2 N–H and O–H groups in total. The van der Waals surface area contributed by atoms with Gasteiger partial charge in [0.15, 0.2) is 9.84 Å². The maximum atomic E-state index is 11.6. The van der Waals surface area contributed by atoms with Gasteiger partial charge in [-0.2, -0.15) is 0 Å². The van der Waals surface area contributed by atoms with Gasteiger partial charge in [-0.15, -0.1) is 0 Å². The van der Waals surface area contributed by atoms with Gasteiger partial charge < -0.3 is 5.73 Å². The zero-order valence-electron chi connectivity index (χ0n) is 9.93. The zero-order chi connectivity index (χ0) is 12.3. The van der Waals surface area contributed by atoms with E-state index in [0.717, 1.165) is 24.8 Å². The average molecular weight is 253 g/mol. The molecule has 17 heavy (non-hydrogen) atoms. The second-order valence-electron chi connectivity index (χ2n) is 4.80. The lowest BCUT2D eigenvalue weighted by Gasteiger charge is -2.22. The summed E-state index contributed by atoms with van der Waals surface area (Å²) in [4.78, 5) is 0. The van der Waals surface area contributed by atoms with Crippen molar-refractivity contribution < 1.29 is 8.42 Å². The van der Waals surface area contributed by atoms with Gasteiger partial charge in [-0.25, -0.2) is 8.42 Å². The number of rotatable bonds is 3. The molecule has 2 rings (SSSR count). The van der Waals surface area contributed by atoms with Crippen molar-refractivity contribution in [3.8, 4) is 0 Å². The van der Waals surface area contributed by atoms with Gasteiger partial charge in [0, 0.05) is 6.54 Å². The minimum atomic E-state index is -2.80. The molecule has 0 bridgehead atoms. The second kappa shape index (κ2) is 5.19. The SMILES string of the molecule is NCc1ccccc1CC1CCCS(=O)(=O)C1. The van der Waals surface area contributed by atoms with Crippen LogP contribution < -0.4 is 5.73 Å². The molecule has 0 aromatic heterocycles. The van der Waals surface area contributed by atoms with Crippen LogP contribution in [0.1, 0.15) is 24.0 Å². The minimum absolute atomic E-state index is 0.265. The third-order valence-corrected chi connectivity index (χ3v) is 5.29. The van der Waals surface area contributed by atoms with Gasteiger partial charge in [-0.05, 0) is 36.3 Å². The first-order chi connectivity index (χ1) is 8.11. The van der Waals surface area contributed by atoms with Crippen molar-refractivity contribution in [2.24, 2.45) is 11.7 Å². The number of nitrogens with two attached hydrogens (primary N) is 1. The Morgan fingerprint density at radius 1 is 1.24 bits per heavy atom. The number of benzene rings is 1. The fraction of sp³-hybridized carbons (Fsp3) is 0.538. The zero-order valence-corrected chi connectivity index (χ0v) is 10.7. The molecule has 1 aliphatic rings. The Hall–Kier alpha value is -0.870. The highest BCUT2D eigenvalue weighted by Gasteiger charge is 2.25. The summed E-state index contributed by atoms with van der Waals surface area (Å²) in [5, 5.41) is 0. The molecule has 0 aliphatic carbocycles. The highest BCUT2D eigenvalue weighted by atomic mass is 32.2. The summed E-state index contributed by atoms with van der Waals surface area (Å²) in [6, 6.07) is 8.05. The molecule has 1 atom stereocenters. The van der Waals surface area contributed by atoms with Crippen molar-refractivity contribution in [3.63, 3.8) is 0 Å². The molecule has 1 aromatic carbocycles. The monoisotopic (exact) mass is 253 g/mol. The fourth-order valence-corrected chi connectivity index (χ4v) is 4.32. The maximum absolute atomic E-state index is 11.6. The van der Waals surface area contributed by atoms with E-state index in [1.807, 2.05) is 18.2 Å². The van der Waals surface area contributed by atoms with Crippen LogP contribution >= 0.6 is 0 Å². The molecule has 4 heteroatoms. The van der Waals surface area contributed by atoms with Gasteiger partial charge in [0.05, 0.1) is 11.5 Å². The first kappa shape index (κ1) is 12.6. The molecule has 1 aliphatic heterocycles. The van der Waals surface area contributed by atoms with Crippen molar-refractivity contribution in [3.05, 3.63) is 35.4 Å². The van der Waals surface area contributed by atoms with Gasteiger partial charge in [-0.1, -0.05) is 24.3 Å². The molecule has 1 unspecified atom stereocenters. The van der Waals surface area contributed by atoms with Crippen LogP contribution in [-0.4, -0.2) is 19.9 Å². The van der Waals surface area contributed by atoms with Gasteiger partial charge in [0.1, 0.15) is 0 Å². The third kappa shape index (κ3) is 3.30. The largest absolute Gasteiger partial charge is 0.326 e. The number of sulfone groups is 1. The van der Waals surface area contributed by atoms with Crippen molar-refractivity contribution >= 4 is 9.84 Å². The quantitative estimate of drug-likeness (QED) is 0.888. The molecule has 94 valence electrons. The Balaban J connectivity index is 2.10. The molecule has 0 amide bonds. The standard InChI is InChI=1S/C13H19NO2S/c14-9-13-6-2-1-5-12(13)8-11-4-3-7-17(15,16)10-11/h1-2,5-6,11H,3-4,7-10,14H2. The molecule has 0 spiro atoms. The molecule has 1 fully saturated rings. The highest BCUT2D eigenvalue weighted by molar-refractivity contribution is 7.91. The molecule has 0 saturated carbocycles. The smallest absolute Gasteiger partial charge is 0.150 e. The summed E-state index contributed by atoms with van der Waals surface area (Å²) >= 11 is 0. The highest BCUT2D eigenvalue weighted by Crippen LogP contribution is 2.23. The first-order valence-corrected chi connectivity index (χ1v) is 7.90. The van der Waals surface area contributed by atoms with E-state index < -0.39 is 9.84 Å². The molecule has 1 saturated heterocycles. The summed E-state index contributed by atoms with van der Waals surface area (Å²) < 4.78 is 23.2. The van der Waals surface area contributed by atoms with Crippen LogP contribution in [0.25, 0.3) is 0 Å². The van der Waals surface area contributed by atoms with E-state index in [4.69, 9.17) is 5.73 Å². The minimum Gasteiger partial charge on any atom is -0.326 e. The van der Waals surface area contributed by atoms with Crippen LogP contribution in [0.5, 0.6) is 0 Å².